The monoisotopic (exact) mass is 299 g/mol. The van der Waals surface area contributed by atoms with E-state index in [4.69, 9.17) is 4.74 Å². The van der Waals surface area contributed by atoms with Crippen LogP contribution in [0.4, 0.5) is 0 Å². The molecule has 2 aromatic carbocycles. The first-order valence-corrected chi connectivity index (χ1v) is 7.44. The Bertz CT molecular complexity index is 705. The Morgan fingerprint density at radius 2 is 1.65 bits per heavy atom. The van der Waals surface area contributed by atoms with Gasteiger partial charge in [-0.1, -0.05) is 30.3 Å². The number of rotatable bonds is 3. The molecule has 0 amide bonds. The molecule has 100 valence electrons. The average molecular weight is 299 g/mol. The van der Waals surface area contributed by atoms with Gasteiger partial charge in [0.2, 0.25) is 0 Å². The van der Waals surface area contributed by atoms with Gasteiger partial charge in [-0.25, -0.2) is 4.98 Å². The van der Waals surface area contributed by atoms with Gasteiger partial charge in [0, 0.05) is 5.56 Å². The van der Waals surface area contributed by atoms with Crippen LogP contribution in [-0.4, -0.2) is 12.1 Å². The van der Waals surface area contributed by atoms with Gasteiger partial charge in [0.25, 0.3) is 0 Å². The van der Waals surface area contributed by atoms with E-state index >= 15 is 0 Å². The first-order valence-electron chi connectivity index (χ1n) is 6.17. The Hall–Kier alpha value is -1.78. The van der Waals surface area contributed by atoms with Crippen LogP contribution >= 0.6 is 24.0 Å². The normalized spacial score (nSPS) is 10.5. The van der Waals surface area contributed by atoms with Crippen molar-refractivity contribution in [3.63, 3.8) is 0 Å². The van der Waals surface area contributed by atoms with Crippen LogP contribution in [0.15, 0.2) is 58.9 Å². The maximum atomic E-state index is 5.19. The van der Waals surface area contributed by atoms with Crippen molar-refractivity contribution < 1.29 is 4.74 Å². The van der Waals surface area contributed by atoms with E-state index in [-0.39, 0.29) is 0 Å². The number of thiol groups is 1. The Morgan fingerprint density at radius 3 is 2.30 bits per heavy atom. The third kappa shape index (κ3) is 2.57. The molecule has 0 bridgehead atoms. The quantitative estimate of drug-likeness (QED) is 0.703. The minimum absolute atomic E-state index is 0.773. The number of nitrogens with zero attached hydrogens (tertiary/aromatic N) is 1. The molecule has 0 aliphatic carbocycles. The molecule has 0 aliphatic heterocycles. The van der Waals surface area contributed by atoms with Crippen molar-refractivity contribution in [3.8, 4) is 27.4 Å². The molecule has 0 atom stereocenters. The van der Waals surface area contributed by atoms with Crippen molar-refractivity contribution in [1.82, 2.24) is 4.98 Å². The van der Waals surface area contributed by atoms with Crippen LogP contribution in [-0.2, 0) is 0 Å². The van der Waals surface area contributed by atoms with Gasteiger partial charge in [0.05, 0.1) is 17.7 Å². The smallest absolute Gasteiger partial charge is 0.148 e. The number of methoxy groups -OCH3 is 1. The lowest BCUT2D eigenvalue weighted by Crippen LogP contribution is -1.84. The second-order valence-corrected chi connectivity index (χ2v) is 5.99. The molecular weight excluding hydrogens is 286 g/mol. The zero-order valence-electron chi connectivity index (χ0n) is 10.9. The summed E-state index contributed by atoms with van der Waals surface area (Å²) in [5, 5.41) is 0. The lowest BCUT2D eigenvalue weighted by molar-refractivity contribution is 0.415. The van der Waals surface area contributed by atoms with Crippen molar-refractivity contribution in [2.24, 2.45) is 0 Å². The summed E-state index contributed by atoms with van der Waals surface area (Å²) in [5.74, 6) is 0.844. The van der Waals surface area contributed by atoms with E-state index in [1.807, 2.05) is 42.5 Å². The van der Waals surface area contributed by atoms with Gasteiger partial charge in [-0.05, 0) is 29.8 Å². The van der Waals surface area contributed by atoms with Crippen LogP contribution in [0.3, 0.4) is 0 Å². The van der Waals surface area contributed by atoms with Crippen molar-refractivity contribution in [3.05, 3.63) is 54.6 Å². The highest BCUT2D eigenvalue weighted by Crippen LogP contribution is 2.38. The maximum Gasteiger partial charge on any atom is 0.148 e. The third-order valence-corrected chi connectivity index (χ3v) is 4.30. The maximum absolute atomic E-state index is 5.19. The van der Waals surface area contributed by atoms with E-state index in [1.165, 1.54) is 0 Å². The van der Waals surface area contributed by atoms with Gasteiger partial charge >= 0.3 is 0 Å². The molecule has 0 fully saturated rings. The molecule has 3 rings (SSSR count). The molecule has 3 aromatic rings. The average Bonchev–Trinajstić information content (AvgIpc) is 2.90. The fraction of sp³-hybridized carbons (Fsp3) is 0.0625. The second kappa shape index (κ2) is 5.69. The molecule has 1 heterocycles. The summed E-state index contributed by atoms with van der Waals surface area (Å²) in [6, 6.07) is 18.2. The van der Waals surface area contributed by atoms with E-state index in [0.717, 1.165) is 31.8 Å². The molecule has 4 heteroatoms. The third-order valence-electron chi connectivity index (χ3n) is 3.02. The summed E-state index contributed by atoms with van der Waals surface area (Å²) in [6.45, 7) is 0. The molecule has 0 saturated heterocycles. The summed E-state index contributed by atoms with van der Waals surface area (Å²) in [5.41, 5.74) is 3.20. The van der Waals surface area contributed by atoms with Gasteiger partial charge in [-0.2, -0.15) is 0 Å². The van der Waals surface area contributed by atoms with Crippen LogP contribution in [0.1, 0.15) is 0 Å². The Balaban J connectivity index is 2.09. The highest BCUT2D eigenvalue weighted by molar-refractivity contribution is 7.82. The summed E-state index contributed by atoms with van der Waals surface area (Å²) < 4.78 is 5.97. The molecule has 0 saturated carbocycles. The van der Waals surface area contributed by atoms with Crippen molar-refractivity contribution in [1.29, 1.82) is 0 Å². The lowest BCUT2D eigenvalue weighted by Gasteiger charge is -2.04. The van der Waals surface area contributed by atoms with Crippen LogP contribution in [0.5, 0.6) is 5.75 Å². The van der Waals surface area contributed by atoms with Crippen LogP contribution in [0.25, 0.3) is 21.7 Å². The molecule has 0 aliphatic rings. The minimum Gasteiger partial charge on any atom is -0.497 e. The van der Waals surface area contributed by atoms with E-state index in [0.29, 0.717) is 0 Å². The number of benzene rings is 2. The molecular formula is C16H13NOS2. The van der Waals surface area contributed by atoms with Crippen molar-refractivity contribution in [2.45, 2.75) is 4.34 Å². The first-order chi connectivity index (χ1) is 9.78. The number of aromatic nitrogens is 1. The van der Waals surface area contributed by atoms with Gasteiger partial charge in [-0.3, -0.25) is 0 Å². The SMILES string of the molecule is COc1ccc(-c2nc(S)sc2-c2ccccc2)cc1. The summed E-state index contributed by atoms with van der Waals surface area (Å²) in [6.07, 6.45) is 0. The topological polar surface area (TPSA) is 22.1 Å². The number of ether oxygens (including phenoxy) is 1. The predicted octanol–water partition coefficient (Wildman–Crippen LogP) is 4.77. The molecule has 2 nitrogen and oxygen atoms in total. The number of hydrogen-bond donors (Lipinski definition) is 1. The van der Waals surface area contributed by atoms with E-state index in [2.05, 4.69) is 29.7 Å². The highest BCUT2D eigenvalue weighted by atomic mass is 32.2. The summed E-state index contributed by atoms with van der Waals surface area (Å²) in [7, 11) is 1.67. The van der Waals surface area contributed by atoms with Gasteiger partial charge in [-0.15, -0.1) is 24.0 Å². The molecule has 0 unspecified atom stereocenters. The van der Waals surface area contributed by atoms with E-state index in [9.17, 15) is 0 Å². The van der Waals surface area contributed by atoms with Crippen molar-refractivity contribution in [2.75, 3.05) is 7.11 Å². The standard InChI is InChI=1S/C16H13NOS2/c1-18-13-9-7-11(8-10-13)14-15(20-16(19)17-14)12-5-3-2-4-6-12/h2-10H,1H3,(H,17,19). The van der Waals surface area contributed by atoms with Crippen LogP contribution in [0.2, 0.25) is 0 Å². The Labute approximate surface area is 127 Å². The molecule has 0 N–H and O–H groups in total. The van der Waals surface area contributed by atoms with Gasteiger partial charge in [0.1, 0.15) is 10.1 Å². The molecule has 0 spiro atoms. The highest BCUT2D eigenvalue weighted by Gasteiger charge is 2.13. The predicted molar refractivity (Wildman–Crippen MR) is 86.8 cm³/mol. The second-order valence-electron chi connectivity index (χ2n) is 4.27. The Kier molecular flexibility index (Phi) is 3.76. The first kappa shape index (κ1) is 13.2. The lowest BCUT2D eigenvalue weighted by atomic mass is 10.1. The van der Waals surface area contributed by atoms with E-state index in [1.54, 1.807) is 18.4 Å². The van der Waals surface area contributed by atoms with Crippen LogP contribution in [0, 0.1) is 0 Å². The number of thiazole rings is 1. The fourth-order valence-electron chi connectivity index (χ4n) is 2.04. The molecule has 20 heavy (non-hydrogen) atoms. The fourth-order valence-corrected chi connectivity index (χ4v) is 3.25. The summed E-state index contributed by atoms with van der Waals surface area (Å²) >= 11 is 5.99. The van der Waals surface area contributed by atoms with E-state index < -0.39 is 0 Å². The zero-order chi connectivity index (χ0) is 13.9. The molecule has 1 aromatic heterocycles. The minimum atomic E-state index is 0.773. The summed E-state index contributed by atoms with van der Waals surface area (Å²) in [4.78, 5) is 5.69. The van der Waals surface area contributed by atoms with Crippen LogP contribution < -0.4 is 4.74 Å². The van der Waals surface area contributed by atoms with Gasteiger partial charge in [0.15, 0.2) is 0 Å². The molecule has 0 radical (unpaired) electrons. The van der Waals surface area contributed by atoms with Crippen molar-refractivity contribution >= 4 is 24.0 Å². The van der Waals surface area contributed by atoms with Gasteiger partial charge < -0.3 is 4.74 Å². The number of hydrogen-bond acceptors (Lipinski definition) is 4. The Morgan fingerprint density at radius 1 is 0.950 bits per heavy atom. The zero-order valence-corrected chi connectivity index (χ0v) is 12.6. The largest absolute Gasteiger partial charge is 0.497 e.